The first-order chi connectivity index (χ1) is 18.6. The van der Waals surface area contributed by atoms with Crippen molar-refractivity contribution in [3.05, 3.63) is 18.3 Å². The Morgan fingerprint density at radius 2 is 2.13 bits per heavy atom. The second-order valence-corrected chi connectivity index (χ2v) is 14.2. The number of amidine groups is 1. The number of carbonyl (C=O) groups is 1. The maximum absolute atomic E-state index is 15.7. The van der Waals surface area contributed by atoms with Crippen molar-refractivity contribution in [2.75, 3.05) is 13.2 Å². The van der Waals surface area contributed by atoms with Gasteiger partial charge in [-0.05, 0) is 11.8 Å². The van der Waals surface area contributed by atoms with Crippen LogP contribution in [0.25, 0.3) is 11.2 Å². The molecule has 1 fully saturated rings. The van der Waals surface area contributed by atoms with Gasteiger partial charge in [-0.3, -0.25) is 28.3 Å². The van der Waals surface area contributed by atoms with Crippen LogP contribution in [0.15, 0.2) is 27.5 Å². The second-order valence-electron chi connectivity index (χ2n) is 8.47. The molecule has 39 heavy (non-hydrogen) atoms. The Hall–Kier alpha value is -2.05. The average molecular weight is 620 g/mol. The number of ether oxygens (including phenoxy) is 1. The molecule has 7 atom stereocenters. The van der Waals surface area contributed by atoms with E-state index < -0.39 is 56.7 Å². The van der Waals surface area contributed by atoms with Crippen LogP contribution in [0.1, 0.15) is 5.82 Å². The smallest absolute Gasteiger partial charge is 0.346 e. The molecule has 0 radical (unpaired) electrons. The number of thiol groups is 1. The summed E-state index contributed by atoms with van der Waals surface area (Å²) in [7, 11) is 0. The van der Waals surface area contributed by atoms with Gasteiger partial charge in [0.15, 0.2) is 24.1 Å². The monoisotopic (exact) mass is 620 g/mol. The summed E-state index contributed by atoms with van der Waals surface area (Å²) in [6.45, 7) is -9.04. The van der Waals surface area contributed by atoms with E-state index in [1.807, 2.05) is 0 Å². The lowest BCUT2D eigenvalue weighted by Crippen LogP contribution is -2.48. The maximum Gasteiger partial charge on any atom is 0.386 e. The summed E-state index contributed by atoms with van der Waals surface area (Å²) in [5, 5.41) is 0. The summed E-state index contributed by atoms with van der Waals surface area (Å²) in [4.78, 5) is 48.6. The number of aromatic nitrogens is 4. The Morgan fingerprint density at radius 3 is 2.97 bits per heavy atom. The topological polar surface area (TPSA) is 184 Å². The van der Waals surface area contributed by atoms with Crippen LogP contribution in [0, 0.1) is 0 Å². The van der Waals surface area contributed by atoms with Crippen LogP contribution in [-0.4, -0.2) is 97.6 Å². The van der Waals surface area contributed by atoms with E-state index in [0.29, 0.717) is 11.2 Å². The van der Waals surface area contributed by atoms with Crippen molar-refractivity contribution in [2.24, 2.45) is 15.0 Å². The van der Waals surface area contributed by atoms with E-state index in [2.05, 4.69) is 42.2 Å². The summed E-state index contributed by atoms with van der Waals surface area (Å²) < 4.78 is 57.8. The number of amides is 1. The van der Waals surface area contributed by atoms with Gasteiger partial charge in [0.25, 0.3) is 5.91 Å². The number of carbonyl (C=O) groups excluding carboxylic acids is 1. The molecule has 2 bridgehead atoms. The predicted molar refractivity (Wildman–Crippen MR) is 139 cm³/mol. The molecule has 1 N–H and O–H groups in total. The molecule has 1 amide bonds. The standard InChI is InChI=1S/C18H19FN8O8P2S2/c19-12-10-4-32-36(29,38)31-2-1-26-11(25-9-3-20-6-21-15(9)26)5-33-37(30,39)35-14(12)18(34-10)27-8-24-13-16(27)22-7-23-17(13)28/h3,6-8,10,12-14,18H,1-2,4-5H2,(H,29,38)(H,30,39)/t10-,12+,13?,14-,18+,36?,37?/m1/s1. The highest BCUT2D eigenvalue weighted by atomic mass is 32.7. The molecule has 6 heterocycles. The summed E-state index contributed by atoms with van der Waals surface area (Å²) in [5.41, 5.74) is 0.837. The predicted octanol–water partition coefficient (Wildman–Crippen LogP) is 0.772. The number of fused-ring (bicyclic) bond motifs is 6. The molecule has 208 valence electrons. The van der Waals surface area contributed by atoms with Crippen molar-refractivity contribution in [3.63, 3.8) is 0 Å². The zero-order chi connectivity index (χ0) is 27.4. The van der Waals surface area contributed by atoms with Gasteiger partial charge in [-0.1, -0.05) is 12.2 Å². The third kappa shape index (κ3) is 5.36. The minimum Gasteiger partial charge on any atom is -0.346 e. The molecule has 6 rings (SSSR count). The van der Waals surface area contributed by atoms with E-state index in [4.69, 9.17) is 34.6 Å². The Labute approximate surface area is 229 Å². The number of imidazole rings is 1. The van der Waals surface area contributed by atoms with E-state index in [1.54, 1.807) is 4.57 Å². The zero-order valence-electron chi connectivity index (χ0n) is 19.5. The van der Waals surface area contributed by atoms with Crippen LogP contribution in [0.5, 0.6) is 0 Å². The van der Waals surface area contributed by atoms with Crippen molar-refractivity contribution in [1.29, 1.82) is 0 Å². The summed E-state index contributed by atoms with van der Waals surface area (Å²) in [6.07, 6.45) is -1.14. The van der Waals surface area contributed by atoms with E-state index in [9.17, 15) is 14.3 Å². The molecule has 0 spiro atoms. The number of rotatable bonds is 1. The molecule has 0 saturated carbocycles. The van der Waals surface area contributed by atoms with Crippen molar-refractivity contribution in [2.45, 2.75) is 43.8 Å². The average Bonchev–Trinajstić information content (AvgIpc) is 3.56. The normalized spacial score (nSPS) is 37.3. The summed E-state index contributed by atoms with van der Waals surface area (Å²) in [5.74, 6) is -0.192. The van der Waals surface area contributed by atoms with Gasteiger partial charge in [-0.15, -0.1) is 0 Å². The highest BCUT2D eigenvalue weighted by molar-refractivity contribution is 8.44. The first kappa shape index (κ1) is 27.1. The Bertz CT molecular complexity index is 1510. The van der Waals surface area contributed by atoms with Crippen LogP contribution >= 0.6 is 25.8 Å². The molecule has 2 aromatic rings. The number of nitrogens with zero attached hydrogens (tertiary/aromatic N) is 8. The Balaban J connectivity index is 1.33. The molecule has 16 nitrogen and oxygen atoms in total. The van der Waals surface area contributed by atoms with Gasteiger partial charge >= 0.3 is 13.5 Å². The maximum atomic E-state index is 15.7. The highest BCUT2D eigenvalue weighted by Crippen LogP contribution is 2.54. The van der Waals surface area contributed by atoms with E-state index in [1.165, 1.54) is 23.8 Å². The third-order valence-electron chi connectivity index (χ3n) is 6.07. The van der Waals surface area contributed by atoms with Gasteiger partial charge in [0.05, 0.1) is 25.7 Å². The lowest BCUT2D eigenvalue weighted by Gasteiger charge is -2.30. The van der Waals surface area contributed by atoms with Crippen LogP contribution < -0.4 is 0 Å². The number of alkyl halides is 1. The van der Waals surface area contributed by atoms with Gasteiger partial charge in [0.1, 0.15) is 48.7 Å². The fourth-order valence-corrected chi connectivity index (χ4v) is 6.83. The van der Waals surface area contributed by atoms with Crippen LogP contribution in [0.2, 0.25) is 0 Å². The fourth-order valence-electron chi connectivity index (χ4n) is 4.34. The third-order valence-corrected chi connectivity index (χ3v) is 9.29. The number of halogens is 1. The molecule has 4 aliphatic heterocycles. The minimum atomic E-state index is -4.13. The molecule has 1 saturated heterocycles. The molecule has 3 unspecified atom stereocenters. The van der Waals surface area contributed by atoms with Gasteiger partial charge in [0.2, 0.25) is 0 Å². The van der Waals surface area contributed by atoms with Crippen molar-refractivity contribution >= 4 is 73.2 Å². The lowest BCUT2D eigenvalue weighted by molar-refractivity contribution is -0.117. The Morgan fingerprint density at radius 1 is 1.28 bits per heavy atom. The quantitative estimate of drug-likeness (QED) is 0.337. The number of hydrogen-bond acceptors (Lipinski definition) is 14. The second kappa shape index (κ2) is 10.4. The molecule has 4 aliphatic rings. The van der Waals surface area contributed by atoms with Crippen LogP contribution in [0.4, 0.5) is 4.39 Å². The molecular weight excluding hydrogens is 601 g/mol. The lowest BCUT2D eigenvalue weighted by atomic mass is 10.1. The zero-order valence-corrected chi connectivity index (χ0v) is 23.0. The molecule has 21 heteroatoms. The molecule has 2 aromatic heterocycles. The largest absolute Gasteiger partial charge is 0.386 e. The summed E-state index contributed by atoms with van der Waals surface area (Å²) >= 11 is 9.18. The molecular formula is C18H19FN8O8P2S2. The Kier molecular flexibility index (Phi) is 7.24. The molecule has 0 aliphatic carbocycles. The SMILES string of the molecule is O=C1N=CN=C2C1N=CN2[C@H]1O[C@@H]2COP(=O)(S)OCCn3c(nc4cncnc43)COP(O)(=S)O[C@@H]1[C@H]2F. The van der Waals surface area contributed by atoms with E-state index in [-0.39, 0.29) is 31.4 Å². The number of hydrogen-bond donors (Lipinski definition) is 2. The van der Waals surface area contributed by atoms with E-state index in [0.717, 1.165) is 6.34 Å². The van der Waals surface area contributed by atoms with Crippen molar-refractivity contribution in [1.82, 2.24) is 24.4 Å². The first-order valence-electron chi connectivity index (χ1n) is 11.3. The van der Waals surface area contributed by atoms with Gasteiger partial charge in [0, 0.05) is 6.54 Å². The van der Waals surface area contributed by atoms with Crippen molar-refractivity contribution < 1.29 is 41.5 Å². The van der Waals surface area contributed by atoms with Gasteiger partial charge in [-0.2, -0.15) is 4.99 Å². The van der Waals surface area contributed by atoms with Crippen molar-refractivity contribution in [3.8, 4) is 0 Å². The van der Waals surface area contributed by atoms with Gasteiger partial charge < -0.3 is 18.7 Å². The first-order valence-corrected chi connectivity index (χ1v) is 16.6. The minimum absolute atomic E-state index is 0.102. The van der Waals surface area contributed by atoms with Crippen LogP contribution in [0.3, 0.4) is 0 Å². The number of aliphatic imine (C=N–C) groups is 3. The highest BCUT2D eigenvalue weighted by Gasteiger charge is 2.54. The van der Waals surface area contributed by atoms with Gasteiger partial charge in [-0.25, -0.2) is 28.9 Å². The van der Waals surface area contributed by atoms with Crippen LogP contribution in [-0.2, 0) is 57.1 Å². The molecule has 0 aromatic carbocycles. The van der Waals surface area contributed by atoms with E-state index >= 15 is 4.39 Å². The summed E-state index contributed by atoms with van der Waals surface area (Å²) in [6, 6.07) is -1.04. The fraction of sp³-hybridized carbons (Fsp3) is 0.500.